The number of hydrogen-bond donors (Lipinski definition) is 1. The van der Waals surface area contributed by atoms with E-state index in [9.17, 15) is 4.79 Å². The quantitative estimate of drug-likeness (QED) is 0.780. The van der Waals surface area contributed by atoms with Crippen molar-refractivity contribution in [3.05, 3.63) is 29.8 Å². The van der Waals surface area contributed by atoms with Gasteiger partial charge in [0.25, 0.3) is 5.91 Å². The Balaban J connectivity index is 2.63. The van der Waals surface area contributed by atoms with Gasteiger partial charge in [0.1, 0.15) is 10.7 Å². The highest BCUT2D eigenvalue weighted by Crippen LogP contribution is 2.17. The van der Waals surface area contributed by atoms with Crippen LogP contribution in [0.4, 0.5) is 0 Å². The Morgan fingerprint density at radius 3 is 2.75 bits per heavy atom. The number of nitrogens with zero attached hydrogens (tertiary/aromatic N) is 1. The lowest BCUT2D eigenvalue weighted by atomic mass is 10.2. The SMILES string of the molecule is CSCC(C)N(C)C(=O)COc1ccccc1C(N)=S. The van der Waals surface area contributed by atoms with Crippen molar-refractivity contribution in [2.24, 2.45) is 5.73 Å². The summed E-state index contributed by atoms with van der Waals surface area (Å²) in [5.74, 6) is 1.37. The van der Waals surface area contributed by atoms with E-state index < -0.39 is 0 Å². The molecular formula is C14H20N2O2S2. The number of thiocarbonyl (C=S) groups is 1. The smallest absolute Gasteiger partial charge is 0.260 e. The molecule has 0 bridgehead atoms. The van der Waals surface area contributed by atoms with Gasteiger partial charge in [-0.1, -0.05) is 24.4 Å². The molecule has 6 heteroatoms. The lowest BCUT2D eigenvalue weighted by molar-refractivity contribution is -0.133. The van der Waals surface area contributed by atoms with Crippen LogP contribution in [-0.2, 0) is 4.79 Å². The molecule has 1 rings (SSSR count). The molecule has 1 aromatic carbocycles. The van der Waals surface area contributed by atoms with Crippen LogP contribution in [0.15, 0.2) is 24.3 Å². The molecule has 0 aromatic heterocycles. The van der Waals surface area contributed by atoms with Gasteiger partial charge >= 0.3 is 0 Å². The Hall–Kier alpha value is -1.27. The normalized spacial score (nSPS) is 11.8. The summed E-state index contributed by atoms with van der Waals surface area (Å²) in [6, 6.07) is 7.36. The first kappa shape index (κ1) is 16.8. The fraction of sp³-hybridized carbons (Fsp3) is 0.429. The van der Waals surface area contributed by atoms with E-state index in [1.54, 1.807) is 35.8 Å². The number of ether oxygens (including phenoxy) is 1. The molecular weight excluding hydrogens is 292 g/mol. The van der Waals surface area contributed by atoms with Crippen LogP contribution in [0, 0.1) is 0 Å². The lowest BCUT2D eigenvalue weighted by Gasteiger charge is -2.24. The van der Waals surface area contributed by atoms with E-state index in [-0.39, 0.29) is 23.5 Å². The monoisotopic (exact) mass is 312 g/mol. The summed E-state index contributed by atoms with van der Waals surface area (Å²) in [5.41, 5.74) is 6.27. The van der Waals surface area contributed by atoms with Gasteiger partial charge in [0.2, 0.25) is 0 Å². The highest BCUT2D eigenvalue weighted by molar-refractivity contribution is 7.98. The highest BCUT2D eigenvalue weighted by atomic mass is 32.2. The van der Waals surface area contributed by atoms with E-state index in [0.29, 0.717) is 11.3 Å². The number of thioether (sulfide) groups is 1. The minimum absolute atomic E-state index is 0.0190. The number of likely N-dealkylation sites (N-methyl/N-ethyl adjacent to an activating group) is 1. The average Bonchev–Trinajstić information content (AvgIpc) is 2.44. The standard InChI is InChI=1S/C14H20N2O2S2/c1-10(9-20-3)16(2)13(17)8-18-12-7-5-4-6-11(12)14(15)19/h4-7,10H,8-9H2,1-3H3,(H2,15,19). The molecule has 110 valence electrons. The maximum Gasteiger partial charge on any atom is 0.260 e. The molecule has 0 aliphatic carbocycles. The molecule has 0 aliphatic heterocycles. The second-order valence-electron chi connectivity index (χ2n) is 4.46. The molecule has 0 spiro atoms. The van der Waals surface area contributed by atoms with Crippen molar-refractivity contribution in [1.29, 1.82) is 0 Å². The number of nitrogens with two attached hydrogens (primary N) is 1. The average molecular weight is 312 g/mol. The van der Waals surface area contributed by atoms with Crippen molar-refractivity contribution in [1.82, 2.24) is 4.90 Å². The minimum atomic E-state index is -0.0655. The summed E-state index contributed by atoms with van der Waals surface area (Å²) in [5, 5.41) is 0. The Bertz CT molecular complexity index is 480. The number of benzene rings is 1. The zero-order valence-corrected chi connectivity index (χ0v) is 13.6. The fourth-order valence-electron chi connectivity index (χ4n) is 1.64. The van der Waals surface area contributed by atoms with E-state index in [0.717, 1.165) is 5.75 Å². The van der Waals surface area contributed by atoms with Gasteiger partial charge in [0.15, 0.2) is 6.61 Å². The first-order chi connectivity index (χ1) is 9.47. The summed E-state index contributed by atoms with van der Waals surface area (Å²) < 4.78 is 5.54. The van der Waals surface area contributed by atoms with Gasteiger partial charge in [-0.2, -0.15) is 11.8 Å². The number of carbonyl (C=O) groups excluding carboxylic acids is 1. The Morgan fingerprint density at radius 2 is 2.15 bits per heavy atom. The Morgan fingerprint density at radius 1 is 1.50 bits per heavy atom. The highest BCUT2D eigenvalue weighted by Gasteiger charge is 2.16. The second kappa shape index (κ2) is 8.11. The number of carbonyl (C=O) groups is 1. The molecule has 0 heterocycles. The third-order valence-electron chi connectivity index (χ3n) is 2.97. The van der Waals surface area contributed by atoms with Crippen molar-refractivity contribution in [3.8, 4) is 5.75 Å². The maximum atomic E-state index is 12.0. The topological polar surface area (TPSA) is 55.6 Å². The van der Waals surface area contributed by atoms with Crippen LogP contribution in [-0.4, -0.2) is 47.5 Å². The van der Waals surface area contributed by atoms with Crippen LogP contribution in [0.3, 0.4) is 0 Å². The zero-order valence-electron chi connectivity index (χ0n) is 12.0. The fourth-order valence-corrected chi connectivity index (χ4v) is 2.51. The molecule has 2 N–H and O–H groups in total. The van der Waals surface area contributed by atoms with Crippen molar-refractivity contribution < 1.29 is 9.53 Å². The van der Waals surface area contributed by atoms with Gasteiger partial charge in [-0.05, 0) is 25.3 Å². The molecule has 4 nitrogen and oxygen atoms in total. The first-order valence-electron chi connectivity index (χ1n) is 6.23. The van der Waals surface area contributed by atoms with Crippen molar-refractivity contribution in [2.75, 3.05) is 25.7 Å². The summed E-state index contributed by atoms with van der Waals surface area (Å²) in [6.07, 6.45) is 2.02. The Kier molecular flexibility index (Phi) is 6.81. The third kappa shape index (κ3) is 4.68. The number of para-hydroxylation sites is 1. The van der Waals surface area contributed by atoms with E-state index in [4.69, 9.17) is 22.7 Å². The van der Waals surface area contributed by atoms with Crippen LogP contribution >= 0.6 is 24.0 Å². The van der Waals surface area contributed by atoms with Crippen LogP contribution in [0.25, 0.3) is 0 Å². The molecule has 0 saturated heterocycles. The van der Waals surface area contributed by atoms with E-state index >= 15 is 0 Å². The maximum absolute atomic E-state index is 12.0. The summed E-state index contributed by atoms with van der Waals surface area (Å²) in [4.78, 5) is 14.0. The van der Waals surface area contributed by atoms with Crippen molar-refractivity contribution in [2.45, 2.75) is 13.0 Å². The van der Waals surface area contributed by atoms with Gasteiger partial charge in [0, 0.05) is 18.8 Å². The largest absolute Gasteiger partial charge is 0.483 e. The van der Waals surface area contributed by atoms with E-state index in [2.05, 4.69) is 0 Å². The molecule has 0 radical (unpaired) electrons. The number of hydrogen-bond acceptors (Lipinski definition) is 4. The molecule has 0 saturated carbocycles. The zero-order chi connectivity index (χ0) is 15.1. The predicted molar refractivity (Wildman–Crippen MR) is 88.4 cm³/mol. The van der Waals surface area contributed by atoms with Crippen LogP contribution < -0.4 is 10.5 Å². The van der Waals surface area contributed by atoms with Gasteiger partial charge in [-0.3, -0.25) is 4.79 Å². The van der Waals surface area contributed by atoms with Crippen LogP contribution in [0.1, 0.15) is 12.5 Å². The molecule has 1 amide bonds. The predicted octanol–water partition coefficient (Wildman–Crippen LogP) is 1.91. The Labute approximate surface area is 129 Å². The summed E-state index contributed by atoms with van der Waals surface area (Å²) >= 11 is 6.66. The summed E-state index contributed by atoms with van der Waals surface area (Å²) in [7, 11) is 1.78. The van der Waals surface area contributed by atoms with Gasteiger partial charge in [-0.15, -0.1) is 0 Å². The van der Waals surface area contributed by atoms with Gasteiger partial charge in [-0.25, -0.2) is 0 Å². The number of amides is 1. The van der Waals surface area contributed by atoms with Crippen molar-refractivity contribution in [3.63, 3.8) is 0 Å². The summed E-state index contributed by atoms with van der Waals surface area (Å²) in [6.45, 7) is 1.99. The van der Waals surface area contributed by atoms with E-state index in [1.165, 1.54) is 0 Å². The minimum Gasteiger partial charge on any atom is -0.483 e. The second-order valence-corrected chi connectivity index (χ2v) is 5.81. The van der Waals surface area contributed by atoms with Crippen LogP contribution in [0.5, 0.6) is 5.75 Å². The molecule has 0 fully saturated rings. The van der Waals surface area contributed by atoms with E-state index in [1.807, 2.05) is 25.3 Å². The molecule has 1 aromatic rings. The third-order valence-corrected chi connectivity index (χ3v) is 4.00. The molecule has 1 atom stereocenters. The molecule has 0 aliphatic rings. The van der Waals surface area contributed by atoms with Crippen LogP contribution in [0.2, 0.25) is 0 Å². The van der Waals surface area contributed by atoms with Gasteiger partial charge in [0.05, 0.1) is 5.56 Å². The molecule has 20 heavy (non-hydrogen) atoms. The van der Waals surface area contributed by atoms with Gasteiger partial charge < -0.3 is 15.4 Å². The molecule has 1 unspecified atom stereocenters. The lowest BCUT2D eigenvalue weighted by Crippen LogP contribution is -2.39. The first-order valence-corrected chi connectivity index (χ1v) is 8.03. The number of rotatable bonds is 7. The van der Waals surface area contributed by atoms with Crippen molar-refractivity contribution >= 4 is 34.9 Å².